The number of anilines is 1. The molecular formula is C17H23N5OS. The summed E-state index contributed by atoms with van der Waals surface area (Å²) in [4.78, 5) is 17.4. The van der Waals surface area contributed by atoms with Crippen molar-refractivity contribution >= 4 is 23.5 Å². The van der Waals surface area contributed by atoms with Crippen LogP contribution in [0.25, 0.3) is 0 Å². The van der Waals surface area contributed by atoms with Gasteiger partial charge < -0.3 is 10.6 Å². The van der Waals surface area contributed by atoms with Crippen LogP contribution in [0, 0.1) is 0 Å². The topological polar surface area (TPSA) is 71.8 Å². The first kappa shape index (κ1) is 16.8. The fourth-order valence-electron chi connectivity index (χ4n) is 2.86. The highest BCUT2D eigenvalue weighted by molar-refractivity contribution is 8.00. The van der Waals surface area contributed by atoms with E-state index < -0.39 is 0 Å². The number of para-hydroxylation sites is 1. The highest BCUT2D eigenvalue weighted by Crippen LogP contribution is 2.37. The molecule has 1 heterocycles. The summed E-state index contributed by atoms with van der Waals surface area (Å²) in [6.45, 7) is 0.524. The molecule has 2 amide bonds. The number of aromatic nitrogens is 3. The van der Waals surface area contributed by atoms with Crippen LogP contribution in [0.4, 0.5) is 10.5 Å². The second-order valence-electron chi connectivity index (χ2n) is 5.95. The lowest BCUT2D eigenvalue weighted by atomic mass is 10.3. The molecule has 0 radical (unpaired) electrons. The van der Waals surface area contributed by atoms with Gasteiger partial charge in [0.2, 0.25) is 0 Å². The predicted molar refractivity (Wildman–Crippen MR) is 96.3 cm³/mol. The van der Waals surface area contributed by atoms with Crippen molar-refractivity contribution in [1.29, 1.82) is 0 Å². The minimum atomic E-state index is -0.184. The third-order valence-corrected chi connectivity index (χ3v) is 5.59. The molecule has 6 nitrogen and oxygen atoms in total. The number of amides is 2. The molecule has 1 fully saturated rings. The molecule has 128 valence electrons. The lowest BCUT2D eigenvalue weighted by molar-refractivity contribution is 0.252. The highest BCUT2D eigenvalue weighted by Gasteiger charge is 2.18. The summed E-state index contributed by atoms with van der Waals surface area (Å²) in [5.74, 6) is 0.854. The van der Waals surface area contributed by atoms with Crippen molar-refractivity contribution in [2.75, 3.05) is 11.9 Å². The quantitative estimate of drug-likeness (QED) is 0.843. The lowest BCUT2D eigenvalue weighted by Crippen LogP contribution is -2.31. The van der Waals surface area contributed by atoms with Crippen LogP contribution in [0.5, 0.6) is 0 Å². The number of nitrogens with one attached hydrogen (secondary N) is 2. The van der Waals surface area contributed by atoms with Crippen LogP contribution in [0.2, 0.25) is 0 Å². The first-order chi connectivity index (χ1) is 11.7. The lowest BCUT2D eigenvalue weighted by Gasteiger charge is -2.14. The van der Waals surface area contributed by atoms with E-state index in [1.54, 1.807) is 4.68 Å². The van der Waals surface area contributed by atoms with Crippen molar-refractivity contribution in [2.24, 2.45) is 7.05 Å². The fraction of sp³-hybridized carbons (Fsp3) is 0.471. The van der Waals surface area contributed by atoms with Crippen molar-refractivity contribution in [2.45, 2.75) is 42.2 Å². The Morgan fingerprint density at radius 1 is 1.33 bits per heavy atom. The van der Waals surface area contributed by atoms with E-state index in [0.29, 0.717) is 18.2 Å². The number of nitrogens with zero attached hydrogens (tertiary/aromatic N) is 3. The number of hydrogen-bond acceptors (Lipinski definition) is 4. The summed E-state index contributed by atoms with van der Waals surface area (Å²) >= 11 is 1.88. The molecule has 0 spiro atoms. The Morgan fingerprint density at radius 2 is 2.12 bits per heavy atom. The Hall–Kier alpha value is -2.02. The number of carbonyl (C=O) groups excluding carboxylic acids is 1. The second kappa shape index (κ2) is 8.19. The number of carbonyl (C=O) groups is 1. The number of thioether (sulfide) groups is 1. The Kier molecular flexibility index (Phi) is 5.74. The summed E-state index contributed by atoms with van der Waals surface area (Å²) in [6.07, 6.45) is 7.34. The smallest absolute Gasteiger partial charge is 0.319 e. The van der Waals surface area contributed by atoms with E-state index in [1.165, 1.54) is 32.0 Å². The zero-order valence-electron chi connectivity index (χ0n) is 13.9. The Morgan fingerprint density at radius 3 is 2.88 bits per heavy atom. The largest absolute Gasteiger partial charge is 0.337 e. The third kappa shape index (κ3) is 4.50. The van der Waals surface area contributed by atoms with Gasteiger partial charge in [0.15, 0.2) is 0 Å². The van der Waals surface area contributed by atoms with Gasteiger partial charge in [0, 0.05) is 30.2 Å². The molecule has 0 atom stereocenters. The predicted octanol–water partition coefficient (Wildman–Crippen LogP) is 3.21. The van der Waals surface area contributed by atoms with E-state index in [-0.39, 0.29) is 6.03 Å². The maximum absolute atomic E-state index is 12.1. The molecule has 1 aromatic heterocycles. The van der Waals surface area contributed by atoms with Gasteiger partial charge in [-0.15, -0.1) is 11.8 Å². The molecule has 0 unspecified atom stereocenters. The molecule has 1 aromatic carbocycles. The van der Waals surface area contributed by atoms with Crippen molar-refractivity contribution in [3.8, 4) is 0 Å². The molecule has 1 aliphatic rings. The zero-order chi connectivity index (χ0) is 16.8. The molecule has 24 heavy (non-hydrogen) atoms. The summed E-state index contributed by atoms with van der Waals surface area (Å²) < 4.78 is 1.72. The average molecular weight is 345 g/mol. The minimum Gasteiger partial charge on any atom is -0.337 e. The van der Waals surface area contributed by atoms with Crippen molar-refractivity contribution in [3.63, 3.8) is 0 Å². The van der Waals surface area contributed by atoms with Crippen LogP contribution in [0.15, 0.2) is 35.5 Å². The molecular weight excluding hydrogens is 322 g/mol. The van der Waals surface area contributed by atoms with Crippen molar-refractivity contribution < 1.29 is 4.79 Å². The molecule has 0 saturated heterocycles. The fourth-order valence-corrected chi connectivity index (χ4v) is 4.19. The molecule has 2 N–H and O–H groups in total. The first-order valence-electron chi connectivity index (χ1n) is 8.36. The van der Waals surface area contributed by atoms with E-state index in [4.69, 9.17) is 0 Å². The van der Waals surface area contributed by atoms with Crippen LogP contribution in [0.3, 0.4) is 0 Å². The van der Waals surface area contributed by atoms with E-state index in [2.05, 4.69) is 26.8 Å². The molecule has 1 saturated carbocycles. The average Bonchev–Trinajstić information content (AvgIpc) is 3.22. The van der Waals surface area contributed by atoms with Crippen LogP contribution < -0.4 is 10.6 Å². The Bertz CT molecular complexity index is 681. The molecule has 1 aliphatic carbocycles. The summed E-state index contributed by atoms with van der Waals surface area (Å²) in [6, 6.07) is 7.83. The van der Waals surface area contributed by atoms with Gasteiger partial charge in [0.1, 0.15) is 12.2 Å². The SMILES string of the molecule is Cn1ncnc1CCNC(=O)Nc1ccccc1SC1CCCC1. The van der Waals surface area contributed by atoms with Gasteiger partial charge in [-0.2, -0.15) is 5.10 Å². The normalized spacial score (nSPS) is 14.7. The van der Waals surface area contributed by atoms with Gasteiger partial charge in [0.25, 0.3) is 0 Å². The molecule has 3 rings (SSSR count). The first-order valence-corrected chi connectivity index (χ1v) is 9.24. The van der Waals surface area contributed by atoms with E-state index in [9.17, 15) is 4.79 Å². The second-order valence-corrected chi connectivity index (χ2v) is 7.29. The van der Waals surface area contributed by atoms with Crippen molar-refractivity contribution in [1.82, 2.24) is 20.1 Å². The van der Waals surface area contributed by atoms with Crippen LogP contribution >= 0.6 is 11.8 Å². The minimum absolute atomic E-state index is 0.184. The van der Waals surface area contributed by atoms with Gasteiger partial charge in [-0.1, -0.05) is 25.0 Å². The van der Waals surface area contributed by atoms with Gasteiger partial charge in [0.05, 0.1) is 5.69 Å². The summed E-state index contributed by atoms with van der Waals surface area (Å²) in [5, 5.41) is 10.5. The van der Waals surface area contributed by atoms with E-state index >= 15 is 0 Å². The molecule has 7 heteroatoms. The maximum atomic E-state index is 12.1. The van der Waals surface area contributed by atoms with Gasteiger partial charge >= 0.3 is 6.03 Å². The third-order valence-electron chi connectivity index (χ3n) is 4.17. The highest BCUT2D eigenvalue weighted by atomic mass is 32.2. The summed E-state index contributed by atoms with van der Waals surface area (Å²) in [5.41, 5.74) is 0.880. The number of benzene rings is 1. The Labute approximate surface area is 146 Å². The number of aryl methyl sites for hydroxylation is 1. The molecule has 2 aromatic rings. The number of urea groups is 1. The Balaban J connectivity index is 1.51. The maximum Gasteiger partial charge on any atom is 0.319 e. The molecule has 0 aliphatic heterocycles. The van der Waals surface area contributed by atoms with E-state index in [0.717, 1.165) is 16.4 Å². The monoisotopic (exact) mass is 345 g/mol. The van der Waals surface area contributed by atoms with Gasteiger partial charge in [-0.05, 0) is 25.0 Å². The van der Waals surface area contributed by atoms with Gasteiger partial charge in [-0.25, -0.2) is 9.78 Å². The van der Waals surface area contributed by atoms with Crippen molar-refractivity contribution in [3.05, 3.63) is 36.4 Å². The van der Waals surface area contributed by atoms with Crippen LogP contribution in [-0.2, 0) is 13.5 Å². The van der Waals surface area contributed by atoms with Gasteiger partial charge in [-0.3, -0.25) is 4.68 Å². The van der Waals surface area contributed by atoms with Crippen LogP contribution in [-0.4, -0.2) is 32.6 Å². The number of hydrogen-bond donors (Lipinski definition) is 2. The zero-order valence-corrected chi connectivity index (χ0v) is 14.7. The standard InChI is InChI=1S/C17H23N5OS/c1-22-16(19-12-20-22)10-11-18-17(23)21-14-8-4-5-9-15(14)24-13-6-2-3-7-13/h4-5,8-9,12-13H,2-3,6-7,10-11H2,1H3,(H2,18,21,23). The summed E-state index contributed by atoms with van der Waals surface area (Å²) in [7, 11) is 1.85. The molecule has 0 bridgehead atoms. The number of rotatable bonds is 6. The van der Waals surface area contributed by atoms with Crippen LogP contribution in [0.1, 0.15) is 31.5 Å². The van der Waals surface area contributed by atoms with E-state index in [1.807, 2.05) is 37.0 Å².